The number of benzene rings is 3. The summed E-state index contributed by atoms with van der Waals surface area (Å²) in [5.41, 5.74) is 0.00625. The lowest BCUT2D eigenvalue weighted by Gasteiger charge is -2.14. The van der Waals surface area contributed by atoms with Gasteiger partial charge in [0.2, 0.25) is 5.75 Å². The van der Waals surface area contributed by atoms with E-state index in [1.807, 2.05) is 19.1 Å². The predicted octanol–water partition coefficient (Wildman–Crippen LogP) is 8.09. The second-order valence-electron chi connectivity index (χ2n) is 7.79. The molecule has 0 fully saturated rings. The molecule has 0 aliphatic heterocycles. The predicted molar refractivity (Wildman–Crippen MR) is 138 cm³/mol. The summed E-state index contributed by atoms with van der Waals surface area (Å²) in [6, 6.07) is 12.1. The van der Waals surface area contributed by atoms with Crippen LogP contribution >= 0.6 is 31.9 Å². The number of hydrogen-bond donors (Lipinski definition) is 1. The van der Waals surface area contributed by atoms with Crippen LogP contribution < -0.4 is 10.1 Å². The van der Waals surface area contributed by atoms with E-state index in [9.17, 15) is 33.3 Å². The highest BCUT2D eigenvalue weighted by molar-refractivity contribution is 9.11. The minimum Gasteiger partial charge on any atom is -0.448 e. The number of ether oxygens (including phenoxy) is 1. The molecule has 190 valence electrons. The number of nitrogens with one attached hydrogen (secondary N) is 1. The quantitative estimate of drug-likeness (QED) is 0.127. The maximum atomic E-state index is 13.1. The Morgan fingerprint density at radius 2 is 1.84 bits per heavy atom. The molecule has 0 spiro atoms. The Bertz CT molecular complexity index is 1480. The van der Waals surface area contributed by atoms with Crippen LogP contribution in [-0.2, 0) is 11.0 Å². The van der Waals surface area contributed by atoms with E-state index in [0.29, 0.717) is 22.3 Å². The summed E-state index contributed by atoms with van der Waals surface area (Å²) in [7, 11) is 0. The Hall–Kier alpha value is -3.69. The highest BCUT2D eigenvalue weighted by Gasteiger charge is 2.33. The Kier molecular flexibility index (Phi) is 8.40. The van der Waals surface area contributed by atoms with Crippen LogP contribution in [0.4, 0.5) is 24.5 Å². The van der Waals surface area contributed by atoms with Gasteiger partial charge in [0.05, 0.1) is 15.0 Å². The van der Waals surface area contributed by atoms with Gasteiger partial charge in [0.1, 0.15) is 17.4 Å². The highest BCUT2D eigenvalue weighted by atomic mass is 79.9. The zero-order valence-electron chi connectivity index (χ0n) is 19.1. The molecule has 0 saturated carbocycles. The second-order valence-corrected chi connectivity index (χ2v) is 9.56. The number of carbonyl (C=O) groups excluding carboxylic acids is 1. The summed E-state index contributed by atoms with van der Waals surface area (Å²) in [5, 5.41) is 23.8. The van der Waals surface area contributed by atoms with Gasteiger partial charge in [0.25, 0.3) is 5.91 Å². The normalized spacial score (nSPS) is 11.6. The van der Waals surface area contributed by atoms with Gasteiger partial charge in [-0.2, -0.15) is 18.4 Å². The van der Waals surface area contributed by atoms with Gasteiger partial charge in [0, 0.05) is 21.8 Å². The molecule has 1 amide bonds. The average molecular weight is 639 g/mol. The first-order valence-corrected chi connectivity index (χ1v) is 11.9. The van der Waals surface area contributed by atoms with Crippen LogP contribution in [0.5, 0.6) is 11.5 Å². The number of hydrogen-bond acceptors (Lipinski definition) is 5. The number of nitro groups is 1. The smallest absolute Gasteiger partial charge is 0.416 e. The molecule has 0 aliphatic rings. The van der Waals surface area contributed by atoms with Crippen molar-refractivity contribution in [2.75, 3.05) is 5.32 Å². The Balaban J connectivity index is 2.05. The number of aryl methyl sites for hydroxylation is 2. The lowest BCUT2D eigenvalue weighted by atomic mass is 10.1. The zero-order valence-corrected chi connectivity index (χ0v) is 22.3. The van der Waals surface area contributed by atoms with Gasteiger partial charge in [-0.3, -0.25) is 14.9 Å². The maximum Gasteiger partial charge on any atom is 0.416 e. The van der Waals surface area contributed by atoms with Crippen LogP contribution in [0.15, 0.2) is 63.0 Å². The van der Waals surface area contributed by atoms with Crippen LogP contribution in [0.1, 0.15) is 22.3 Å². The summed E-state index contributed by atoms with van der Waals surface area (Å²) in [6.45, 7) is 3.69. The van der Waals surface area contributed by atoms with Crippen LogP contribution in [0.25, 0.3) is 6.08 Å². The number of nitro benzene ring substituents is 1. The Labute approximate surface area is 226 Å². The van der Waals surface area contributed by atoms with Crippen LogP contribution in [0.3, 0.4) is 0 Å². The first-order valence-electron chi connectivity index (χ1n) is 10.3. The topological polar surface area (TPSA) is 105 Å². The number of anilines is 1. The van der Waals surface area contributed by atoms with Crippen LogP contribution in [0.2, 0.25) is 0 Å². The van der Waals surface area contributed by atoms with Gasteiger partial charge in [-0.25, -0.2) is 0 Å². The van der Waals surface area contributed by atoms with Crippen molar-refractivity contribution < 1.29 is 27.6 Å². The first-order chi connectivity index (χ1) is 17.3. The van der Waals surface area contributed by atoms with E-state index < -0.39 is 34.0 Å². The SMILES string of the molecule is Cc1ccc(NC(=O)/C(C#N)=C/c2cc(Br)cc(Br)c2Oc2ccc(C(F)(F)F)cc2[N+](=O)[O-])c(C)c1. The molecule has 1 N–H and O–H groups in total. The molecule has 0 saturated heterocycles. The molecule has 0 bridgehead atoms. The molecule has 0 unspecified atom stereocenters. The van der Waals surface area contributed by atoms with Crippen molar-refractivity contribution in [2.45, 2.75) is 20.0 Å². The van der Waals surface area contributed by atoms with Crippen molar-refractivity contribution in [1.29, 1.82) is 5.26 Å². The lowest BCUT2D eigenvalue weighted by molar-refractivity contribution is -0.385. The van der Waals surface area contributed by atoms with E-state index in [4.69, 9.17) is 4.74 Å². The van der Waals surface area contributed by atoms with Crippen molar-refractivity contribution in [3.05, 3.63) is 95.4 Å². The standard InChI is InChI=1S/C25H16Br2F3N3O4/c1-13-3-5-20(14(2)7-13)32-24(34)16(12-31)8-15-9-18(26)11-19(27)23(15)37-22-6-4-17(25(28,29)30)10-21(22)33(35)36/h3-11H,1-2H3,(H,32,34)/b16-8+. The van der Waals surface area contributed by atoms with E-state index in [-0.39, 0.29) is 21.4 Å². The second kappa shape index (κ2) is 11.1. The van der Waals surface area contributed by atoms with Crippen molar-refractivity contribution in [1.82, 2.24) is 0 Å². The van der Waals surface area contributed by atoms with Gasteiger partial charge < -0.3 is 10.1 Å². The number of halogens is 5. The third-order valence-corrected chi connectivity index (χ3v) is 6.07. The molecule has 3 aromatic carbocycles. The molecule has 37 heavy (non-hydrogen) atoms. The first kappa shape index (κ1) is 27.9. The van der Waals surface area contributed by atoms with Crippen LogP contribution in [0, 0.1) is 35.3 Å². The number of nitriles is 1. The highest BCUT2D eigenvalue weighted by Crippen LogP contribution is 2.42. The summed E-state index contributed by atoms with van der Waals surface area (Å²) in [4.78, 5) is 23.3. The van der Waals surface area contributed by atoms with E-state index in [2.05, 4.69) is 37.2 Å². The number of amides is 1. The third-order valence-electron chi connectivity index (χ3n) is 5.03. The molecule has 0 aromatic heterocycles. The van der Waals surface area contributed by atoms with Crippen molar-refractivity contribution in [3.8, 4) is 17.6 Å². The Morgan fingerprint density at radius 3 is 2.43 bits per heavy atom. The Morgan fingerprint density at radius 1 is 1.14 bits per heavy atom. The molecule has 0 radical (unpaired) electrons. The monoisotopic (exact) mass is 637 g/mol. The fourth-order valence-electron chi connectivity index (χ4n) is 3.28. The summed E-state index contributed by atoms with van der Waals surface area (Å²) >= 11 is 6.55. The largest absolute Gasteiger partial charge is 0.448 e. The van der Waals surface area contributed by atoms with Crippen molar-refractivity contribution >= 4 is 55.2 Å². The summed E-state index contributed by atoms with van der Waals surface area (Å²) in [5.74, 6) is -1.23. The van der Waals surface area contributed by atoms with Crippen molar-refractivity contribution in [3.63, 3.8) is 0 Å². The van der Waals surface area contributed by atoms with E-state index in [0.717, 1.165) is 17.2 Å². The molecule has 0 atom stereocenters. The fraction of sp³-hybridized carbons (Fsp3) is 0.120. The molecule has 0 aliphatic carbocycles. The molecule has 3 rings (SSSR count). The van der Waals surface area contributed by atoms with Gasteiger partial charge in [-0.05, 0) is 71.7 Å². The minimum atomic E-state index is -4.79. The number of carbonyl (C=O) groups is 1. The molecule has 0 heterocycles. The average Bonchev–Trinajstić information content (AvgIpc) is 2.80. The zero-order chi connectivity index (χ0) is 27.5. The van der Waals surface area contributed by atoms with E-state index in [1.165, 1.54) is 18.2 Å². The lowest BCUT2D eigenvalue weighted by Crippen LogP contribution is -2.14. The molecule has 7 nitrogen and oxygen atoms in total. The van der Waals surface area contributed by atoms with Crippen molar-refractivity contribution in [2.24, 2.45) is 0 Å². The third kappa shape index (κ3) is 6.75. The molecule has 12 heteroatoms. The molecular weight excluding hydrogens is 623 g/mol. The maximum absolute atomic E-state index is 13.1. The number of alkyl halides is 3. The van der Waals surface area contributed by atoms with Gasteiger partial charge in [-0.1, -0.05) is 33.6 Å². The van der Waals surface area contributed by atoms with E-state index >= 15 is 0 Å². The molecular formula is C25H16Br2F3N3O4. The van der Waals surface area contributed by atoms with Crippen LogP contribution in [-0.4, -0.2) is 10.8 Å². The summed E-state index contributed by atoms with van der Waals surface area (Å²) in [6.07, 6.45) is -3.58. The minimum absolute atomic E-state index is 0.0573. The van der Waals surface area contributed by atoms with Gasteiger partial charge in [-0.15, -0.1) is 0 Å². The van der Waals surface area contributed by atoms with Gasteiger partial charge in [0.15, 0.2) is 0 Å². The molecule has 3 aromatic rings. The van der Waals surface area contributed by atoms with E-state index in [1.54, 1.807) is 19.1 Å². The summed E-state index contributed by atoms with van der Waals surface area (Å²) < 4.78 is 45.6. The fourth-order valence-corrected chi connectivity index (χ4v) is 4.61. The number of nitrogens with zero attached hydrogens (tertiary/aromatic N) is 2. The number of rotatable bonds is 6. The van der Waals surface area contributed by atoms with Gasteiger partial charge >= 0.3 is 11.9 Å².